The highest BCUT2D eigenvalue weighted by molar-refractivity contribution is 6.32. The fourth-order valence-corrected chi connectivity index (χ4v) is 2.06. The van der Waals surface area contributed by atoms with E-state index in [0.29, 0.717) is 18.9 Å². The number of nitrogens with zero attached hydrogens (tertiary/aromatic N) is 1. The van der Waals surface area contributed by atoms with Crippen LogP contribution in [-0.2, 0) is 0 Å². The summed E-state index contributed by atoms with van der Waals surface area (Å²) in [6, 6.07) is 11.7. The van der Waals surface area contributed by atoms with Gasteiger partial charge in [-0.2, -0.15) is 0 Å². The largest absolute Gasteiger partial charge is 0.490 e. The van der Waals surface area contributed by atoms with E-state index >= 15 is 0 Å². The van der Waals surface area contributed by atoms with E-state index in [0.717, 1.165) is 11.4 Å². The molecule has 0 spiro atoms. The number of nitrogen functional groups attached to an aromatic ring is 1. The highest BCUT2D eigenvalue weighted by atomic mass is 35.5. The van der Waals surface area contributed by atoms with Crippen LogP contribution in [0.2, 0.25) is 5.02 Å². The Labute approximate surface area is 122 Å². The first-order valence-electron chi connectivity index (χ1n) is 6.21. The van der Waals surface area contributed by atoms with Crippen molar-refractivity contribution in [3.05, 3.63) is 53.3 Å². The Bertz CT molecular complexity index is 592. The molecule has 0 radical (unpaired) electrons. The number of ether oxygens (including phenoxy) is 1. The highest BCUT2D eigenvalue weighted by Crippen LogP contribution is 2.25. The summed E-state index contributed by atoms with van der Waals surface area (Å²) in [5, 5.41) is 0.270. The lowest BCUT2D eigenvalue weighted by Crippen LogP contribution is -2.24. The molecule has 2 rings (SSSR count). The molecule has 106 valence electrons. The minimum atomic E-state index is -0.378. The number of nitrogens with two attached hydrogens (primary N) is 1. The van der Waals surface area contributed by atoms with Gasteiger partial charge in [0.15, 0.2) is 0 Å². The lowest BCUT2D eigenvalue weighted by atomic mass is 10.2. The van der Waals surface area contributed by atoms with Crippen LogP contribution in [-0.4, -0.2) is 20.2 Å². The summed E-state index contributed by atoms with van der Waals surface area (Å²) in [6.07, 6.45) is 0. The van der Waals surface area contributed by atoms with Gasteiger partial charge in [-0.25, -0.2) is 4.39 Å². The molecule has 20 heavy (non-hydrogen) atoms. The van der Waals surface area contributed by atoms with Crippen molar-refractivity contribution in [1.29, 1.82) is 0 Å². The molecule has 0 bridgehead atoms. The predicted molar refractivity (Wildman–Crippen MR) is 81.0 cm³/mol. The van der Waals surface area contributed by atoms with E-state index in [1.165, 1.54) is 18.2 Å². The van der Waals surface area contributed by atoms with Crippen molar-refractivity contribution >= 4 is 23.0 Å². The van der Waals surface area contributed by atoms with Gasteiger partial charge in [0.2, 0.25) is 0 Å². The van der Waals surface area contributed by atoms with Crippen LogP contribution in [0.5, 0.6) is 5.75 Å². The molecule has 0 fully saturated rings. The quantitative estimate of drug-likeness (QED) is 0.857. The summed E-state index contributed by atoms with van der Waals surface area (Å²) in [7, 11) is 1.93. The summed E-state index contributed by atoms with van der Waals surface area (Å²) in [4.78, 5) is 1.99. The molecule has 3 nitrogen and oxygen atoms in total. The third-order valence-corrected chi connectivity index (χ3v) is 3.22. The number of hydrogen-bond donors (Lipinski definition) is 1. The Morgan fingerprint density at radius 2 is 2.00 bits per heavy atom. The standard InChI is InChI=1S/C15H16ClFN2O/c1-19(14-5-3-2-4-13(14)18)8-9-20-15-7-6-11(17)10-12(15)16/h2-7,10H,8-9,18H2,1H3. The molecule has 0 aromatic heterocycles. The number of rotatable bonds is 5. The van der Waals surface area contributed by atoms with Crippen LogP contribution >= 0.6 is 11.6 Å². The number of benzene rings is 2. The van der Waals surface area contributed by atoms with Crippen LogP contribution in [0, 0.1) is 5.82 Å². The fraction of sp³-hybridized carbons (Fsp3) is 0.200. The summed E-state index contributed by atoms with van der Waals surface area (Å²) >= 11 is 5.89. The molecule has 0 heterocycles. The van der Waals surface area contributed by atoms with Crippen LogP contribution in [0.3, 0.4) is 0 Å². The van der Waals surface area contributed by atoms with Crippen molar-refractivity contribution in [3.63, 3.8) is 0 Å². The molecule has 2 aromatic rings. The maximum Gasteiger partial charge on any atom is 0.138 e. The van der Waals surface area contributed by atoms with Crippen molar-refractivity contribution in [2.24, 2.45) is 0 Å². The smallest absolute Gasteiger partial charge is 0.138 e. The van der Waals surface area contributed by atoms with E-state index in [-0.39, 0.29) is 10.8 Å². The van der Waals surface area contributed by atoms with Crippen LogP contribution in [0.4, 0.5) is 15.8 Å². The third-order valence-electron chi connectivity index (χ3n) is 2.93. The van der Waals surface area contributed by atoms with E-state index in [2.05, 4.69) is 0 Å². The van der Waals surface area contributed by atoms with Gasteiger partial charge in [0, 0.05) is 7.05 Å². The normalized spacial score (nSPS) is 10.3. The summed E-state index contributed by atoms with van der Waals surface area (Å²) < 4.78 is 18.4. The molecule has 0 aliphatic rings. The molecule has 0 atom stereocenters. The van der Waals surface area contributed by atoms with Crippen molar-refractivity contribution in [2.45, 2.75) is 0 Å². The second-order valence-corrected chi connectivity index (χ2v) is 4.81. The van der Waals surface area contributed by atoms with Gasteiger partial charge in [-0.3, -0.25) is 0 Å². The number of hydrogen-bond acceptors (Lipinski definition) is 3. The Morgan fingerprint density at radius 3 is 2.70 bits per heavy atom. The first-order valence-corrected chi connectivity index (χ1v) is 6.59. The van der Waals surface area contributed by atoms with Gasteiger partial charge in [0.25, 0.3) is 0 Å². The Morgan fingerprint density at radius 1 is 1.25 bits per heavy atom. The predicted octanol–water partition coefficient (Wildman–Crippen LogP) is 3.58. The topological polar surface area (TPSA) is 38.5 Å². The van der Waals surface area contributed by atoms with Crippen LogP contribution < -0.4 is 15.4 Å². The van der Waals surface area contributed by atoms with E-state index in [9.17, 15) is 4.39 Å². The molecule has 0 aliphatic heterocycles. The first-order chi connectivity index (χ1) is 9.58. The van der Waals surface area contributed by atoms with Crippen LogP contribution in [0.25, 0.3) is 0 Å². The Hall–Kier alpha value is -1.94. The van der Waals surface area contributed by atoms with Gasteiger partial charge < -0.3 is 15.4 Å². The molecule has 0 amide bonds. The zero-order valence-electron chi connectivity index (χ0n) is 11.1. The number of halogens is 2. The molecule has 0 unspecified atom stereocenters. The molecule has 0 saturated heterocycles. The maximum atomic E-state index is 12.9. The van der Waals surface area contributed by atoms with Crippen molar-refractivity contribution in [2.75, 3.05) is 30.8 Å². The first kappa shape index (κ1) is 14.5. The molecule has 0 aliphatic carbocycles. The molecule has 2 aromatic carbocycles. The number of anilines is 2. The van der Waals surface area contributed by atoms with E-state index in [1.54, 1.807) is 0 Å². The van der Waals surface area contributed by atoms with Gasteiger partial charge >= 0.3 is 0 Å². The van der Waals surface area contributed by atoms with Crippen molar-refractivity contribution in [1.82, 2.24) is 0 Å². The van der Waals surface area contributed by atoms with Gasteiger partial charge in [-0.05, 0) is 30.3 Å². The SMILES string of the molecule is CN(CCOc1ccc(F)cc1Cl)c1ccccc1N. The third kappa shape index (κ3) is 3.54. The molecular formula is C15H16ClFN2O. The second-order valence-electron chi connectivity index (χ2n) is 4.40. The zero-order valence-corrected chi connectivity index (χ0v) is 11.9. The maximum absolute atomic E-state index is 12.9. The second kappa shape index (κ2) is 6.48. The van der Waals surface area contributed by atoms with Crippen molar-refractivity contribution < 1.29 is 9.13 Å². The van der Waals surface area contributed by atoms with Gasteiger partial charge in [-0.15, -0.1) is 0 Å². The molecule has 5 heteroatoms. The summed E-state index contributed by atoms with van der Waals surface area (Å²) in [5.41, 5.74) is 7.56. The van der Waals surface area contributed by atoms with E-state index in [4.69, 9.17) is 22.1 Å². The van der Waals surface area contributed by atoms with Gasteiger partial charge in [0.05, 0.1) is 22.9 Å². The van der Waals surface area contributed by atoms with Crippen molar-refractivity contribution in [3.8, 4) is 5.75 Å². The number of para-hydroxylation sites is 2. The molecule has 2 N–H and O–H groups in total. The van der Waals surface area contributed by atoms with Gasteiger partial charge in [-0.1, -0.05) is 23.7 Å². The fourth-order valence-electron chi connectivity index (χ4n) is 1.84. The van der Waals surface area contributed by atoms with Crippen LogP contribution in [0.15, 0.2) is 42.5 Å². The monoisotopic (exact) mass is 294 g/mol. The molecule has 0 saturated carbocycles. The van der Waals surface area contributed by atoms with E-state index in [1.807, 2.05) is 36.2 Å². The Kier molecular flexibility index (Phi) is 4.69. The van der Waals surface area contributed by atoms with Gasteiger partial charge in [0.1, 0.15) is 18.2 Å². The minimum absolute atomic E-state index is 0.270. The summed E-state index contributed by atoms with van der Waals surface area (Å²) in [6.45, 7) is 1.07. The average molecular weight is 295 g/mol. The van der Waals surface area contributed by atoms with Crippen LogP contribution in [0.1, 0.15) is 0 Å². The zero-order chi connectivity index (χ0) is 14.5. The summed E-state index contributed by atoms with van der Waals surface area (Å²) in [5.74, 6) is 0.0963. The molecular weight excluding hydrogens is 279 g/mol. The van der Waals surface area contributed by atoms with E-state index < -0.39 is 0 Å². The highest BCUT2D eigenvalue weighted by Gasteiger charge is 2.06. The lowest BCUT2D eigenvalue weighted by Gasteiger charge is -2.21. The Balaban J connectivity index is 1.91. The minimum Gasteiger partial charge on any atom is -0.490 e. The lowest BCUT2D eigenvalue weighted by molar-refractivity contribution is 0.325. The average Bonchev–Trinajstić information content (AvgIpc) is 2.41. The number of likely N-dealkylation sites (N-methyl/N-ethyl adjacent to an activating group) is 1.